The van der Waals surface area contributed by atoms with E-state index in [1.54, 1.807) is 0 Å². The molecule has 0 saturated heterocycles. The summed E-state index contributed by atoms with van der Waals surface area (Å²) >= 11 is 0. The highest BCUT2D eigenvalue weighted by atomic mass is 19.1. The van der Waals surface area contributed by atoms with Gasteiger partial charge in [-0.3, -0.25) is 4.98 Å². The lowest BCUT2D eigenvalue weighted by atomic mass is 9.79. The SMILES string of the molecule is CC(C)(CC1CCC(N)CC1)NC[C@H](O)c1cncc(F)c1. The van der Waals surface area contributed by atoms with Crippen molar-refractivity contribution in [3.05, 3.63) is 29.8 Å². The van der Waals surface area contributed by atoms with Crippen LogP contribution in [0.4, 0.5) is 4.39 Å². The van der Waals surface area contributed by atoms with Crippen molar-refractivity contribution in [1.29, 1.82) is 0 Å². The minimum absolute atomic E-state index is 0.0617. The summed E-state index contributed by atoms with van der Waals surface area (Å²) in [6.07, 6.45) is 7.55. The molecule has 22 heavy (non-hydrogen) atoms. The van der Waals surface area contributed by atoms with Crippen molar-refractivity contribution in [2.45, 2.75) is 63.6 Å². The van der Waals surface area contributed by atoms with E-state index in [1.807, 2.05) is 0 Å². The Bertz CT molecular complexity index is 473. The molecule has 0 amide bonds. The van der Waals surface area contributed by atoms with Crippen molar-refractivity contribution in [2.75, 3.05) is 6.54 Å². The van der Waals surface area contributed by atoms with Crippen LogP contribution in [-0.4, -0.2) is 28.2 Å². The lowest BCUT2D eigenvalue weighted by molar-refractivity contribution is 0.149. The number of pyridine rings is 1. The fraction of sp³-hybridized carbons (Fsp3) is 0.706. The number of halogens is 1. The number of aromatic nitrogens is 1. The number of hydrogen-bond donors (Lipinski definition) is 3. The third-order valence-electron chi connectivity index (χ3n) is 4.58. The van der Waals surface area contributed by atoms with Gasteiger partial charge in [0.15, 0.2) is 0 Å². The molecule has 1 aliphatic carbocycles. The van der Waals surface area contributed by atoms with E-state index in [1.165, 1.54) is 25.1 Å². The Morgan fingerprint density at radius 2 is 2.05 bits per heavy atom. The zero-order valence-corrected chi connectivity index (χ0v) is 13.6. The molecule has 1 atom stereocenters. The monoisotopic (exact) mass is 309 g/mol. The first kappa shape index (κ1) is 17.3. The molecule has 1 aliphatic rings. The highest BCUT2D eigenvalue weighted by molar-refractivity contribution is 5.13. The second kappa shape index (κ2) is 7.49. The minimum atomic E-state index is -0.748. The predicted octanol–water partition coefficient (Wildman–Crippen LogP) is 2.53. The van der Waals surface area contributed by atoms with Crippen LogP contribution in [0.2, 0.25) is 0 Å². The molecule has 1 aromatic heterocycles. The number of aliphatic hydroxyl groups excluding tert-OH is 1. The summed E-state index contributed by atoms with van der Waals surface area (Å²) in [7, 11) is 0. The third-order valence-corrected chi connectivity index (χ3v) is 4.58. The molecule has 4 nitrogen and oxygen atoms in total. The maximum absolute atomic E-state index is 13.1. The van der Waals surface area contributed by atoms with Crippen molar-refractivity contribution in [3.8, 4) is 0 Å². The summed E-state index contributed by atoms with van der Waals surface area (Å²) < 4.78 is 13.1. The average Bonchev–Trinajstić information content (AvgIpc) is 2.47. The molecule has 0 spiro atoms. The zero-order valence-electron chi connectivity index (χ0n) is 13.6. The standard InChI is InChI=1S/C17H28FN3O/c1-17(2,8-12-3-5-15(19)6-4-12)21-11-16(22)13-7-14(18)10-20-9-13/h7,9-10,12,15-16,21-22H,3-6,8,11,19H2,1-2H3/t12?,15?,16-/m0/s1. The average molecular weight is 309 g/mol. The molecular weight excluding hydrogens is 281 g/mol. The van der Waals surface area contributed by atoms with Gasteiger partial charge in [0, 0.05) is 29.9 Å². The van der Waals surface area contributed by atoms with Crippen LogP contribution in [-0.2, 0) is 0 Å². The first-order valence-corrected chi connectivity index (χ1v) is 8.15. The van der Waals surface area contributed by atoms with E-state index < -0.39 is 11.9 Å². The number of β-amino-alcohol motifs (C(OH)–C–C–N with tert-alkyl or cyclic N) is 1. The van der Waals surface area contributed by atoms with Gasteiger partial charge in [0.05, 0.1) is 12.3 Å². The number of aliphatic hydroxyl groups is 1. The first-order chi connectivity index (χ1) is 10.4. The van der Waals surface area contributed by atoms with Gasteiger partial charge in [0.1, 0.15) is 5.82 Å². The number of nitrogens with one attached hydrogen (secondary N) is 1. The van der Waals surface area contributed by atoms with Gasteiger partial charge < -0.3 is 16.2 Å². The van der Waals surface area contributed by atoms with Gasteiger partial charge in [-0.1, -0.05) is 0 Å². The van der Waals surface area contributed by atoms with E-state index in [0.29, 0.717) is 24.1 Å². The van der Waals surface area contributed by atoms with Gasteiger partial charge in [-0.25, -0.2) is 4.39 Å². The molecule has 0 radical (unpaired) electrons. The third kappa shape index (κ3) is 5.30. The first-order valence-electron chi connectivity index (χ1n) is 8.15. The Labute approximate surface area is 132 Å². The molecule has 5 heteroatoms. The molecule has 124 valence electrons. The Morgan fingerprint density at radius 3 is 2.68 bits per heavy atom. The van der Waals surface area contributed by atoms with Crippen LogP contribution in [0, 0.1) is 11.7 Å². The molecular formula is C17H28FN3O. The van der Waals surface area contributed by atoms with E-state index in [9.17, 15) is 9.50 Å². The van der Waals surface area contributed by atoms with Crippen molar-refractivity contribution in [3.63, 3.8) is 0 Å². The quantitative estimate of drug-likeness (QED) is 0.755. The van der Waals surface area contributed by atoms with Crippen LogP contribution in [0.3, 0.4) is 0 Å². The zero-order chi connectivity index (χ0) is 16.2. The molecule has 1 saturated carbocycles. The number of nitrogens with two attached hydrogens (primary N) is 1. The van der Waals surface area contributed by atoms with Crippen LogP contribution in [0.5, 0.6) is 0 Å². The Kier molecular flexibility index (Phi) is 5.89. The fourth-order valence-electron chi connectivity index (χ4n) is 3.29. The lowest BCUT2D eigenvalue weighted by Gasteiger charge is -2.35. The second-order valence-electron chi connectivity index (χ2n) is 7.20. The Balaban J connectivity index is 1.81. The van der Waals surface area contributed by atoms with Gasteiger partial charge in [0.2, 0.25) is 0 Å². The minimum Gasteiger partial charge on any atom is -0.387 e. The van der Waals surface area contributed by atoms with Crippen LogP contribution in [0.1, 0.15) is 57.6 Å². The van der Waals surface area contributed by atoms with Crippen LogP contribution in [0.15, 0.2) is 18.5 Å². The molecule has 1 fully saturated rings. The second-order valence-corrected chi connectivity index (χ2v) is 7.20. The molecule has 4 N–H and O–H groups in total. The highest BCUT2D eigenvalue weighted by Gasteiger charge is 2.26. The summed E-state index contributed by atoms with van der Waals surface area (Å²) in [6.45, 7) is 4.69. The summed E-state index contributed by atoms with van der Waals surface area (Å²) in [5.41, 5.74) is 6.40. The molecule has 0 aliphatic heterocycles. The van der Waals surface area contributed by atoms with Gasteiger partial charge in [0.25, 0.3) is 0 Å². The van der Waals surface area contributed by atoms with Gasteiger partial charge >= 0.3 is 0 Å². The fourth-order valence-corrected chi connectivity index (χ4v) is 3.29. The Morgan fingerprint density at radius 1 is 1.36 bits per heavy atom. The van der Waals surface area contributed by atoms with Gasteiger partial charge in [-0.05, 0) is 57.9 Å². The predicted molar refractivity (Wildman–Crippen MR) is 85.8 cm³/mol. The summed E-state index contributed by atoms with van der Waals surface area (Å²) in [6, 6.07) is 1.70. The largest absolute Gasteiger partial charge is 0.387 e. The van der Waals surface area contributed by atoms with Crippen LogP contribution in [0.25, 0.3) is 0 Å². The normalized spacial score (nSPS) is 24.2. The number of nitrogens with zero attached hydrogens (tertiary/aromatic N) is 1. The van der Waals surface area contributed by atoms with E-state index in [2.05, 4.69) is 24.1 Å². The van der Waals surface area contributed by atoms with Gasteiger partial charge in [-0.15, -0.1) is 0 Å². The van der Waals surface area contributed by atoms with Gasteiger partial charge in [-0.2, -0.15) is 0 Å². The van der Waals surface area contributed by atoms with Crippen LogP contribution < -0.4 is 11.1 Å². The molecule has 2 rings (SSSR count). The summed E-state index contributed by atoms with van der Waals surface area (Å²) in [5.74, 6) is 0.268. The van der Waals surface area contributed by atoms with Crippen molar-refractivity contribution in [2.24, 2.45) is 11.7 Å². The highest BCUT2D eigenvalue weighted by Crippen LogP contribution is 2.30. The smallest absolute Gasteiger partial charge is 0.141 e. The topological polar surface area (TPSA) is 71.2 Å². The molecule has 0 aromatic carbocycles. The number of hydrogen-bond acceptors (Lipinski definition) is 4. The maximum Gasteiger partial charge on any atom is 0.141 e. The summed E-state index contributed by atoms with van der Waals surface area (Å²) in [5, 5.41) is 13.6. The number of rotatable bonds is 6. The Hall–Kier alpha value is -1.04. The molecule has 1 heterocycles. The maximum atomic E-state index is 13.1. The van der Waals surface area contributed by atoms with Crippen molar-refractivity contribution in [1.82, 2.24) is 10.3 Å². The van der Waals surface area contributed by atoms with E-state index in [4.69, 9.17) is 5.73 Å². The van der Waals surface area contributed by atoms with Crippen molar-refractivity contribution >= 4 is 0 Å². The van der Waals surface area contributed by atoms with Crippen molar-refractivity contribution < 1.29 is 9.50 Å². The lowest BCUT2D eigenvalue weighted by Crippen LogP contribution is -2.44. The van der Waals surface area contributed by atoms with Crippen LogP contribution >= 0.6 is 0 Å². The molecule has 1 aromatic rings. The van der Waals surface area contributed by atoms with E-state index in [0.717, 1.165) is 25.5 Å². The van der Waals surface area contributed by atoms with E-state index >= 15 is 0 Å². The summed E-state index contributed by atoms with van der Waals surface area (Å²) in [4.78, 5) is 3.78. The molecule has 0 bridgehead atoms. The molecule has 0 unspecified atom stereocenters. The van der Waals surface area contributed by atoms with E-state index in [-0.39, 0.29) is 5.54 Å².